The van der Waals surface area contributed by atoms with Crippen LogP contribution in [0.1, 0.15) is 21.5 Å². The molecule has 2 rings (SSSR count). The lowest BCUT2D eigenvalue weighted by atomic mass is 10.1. The minimum absolute atomic E-state index is 0.241. The highest BCUT2D eigenvalue weighted by Gasteiger charge is 2.07. The lowest BCUT2D eigenvalue weighted by molar-refractivity contribution is 0.0976. The van der Waals surface area contributed by atoms with Crippen molar-refractivity contribution in [2.24, 2.45) is 0 Å². The summed E-state index contributed by atoms with van der Waals surface area (Å²) in [4.78, 5) is 11.9. The van der Waals surface area contributed by atoms with Gasteiger partial charge in [-0.2, -0.15) is 0 Å². The van der Waals surface area contributed by atoms with Gasteiger partial charge in [-0.3, -0.25) is 10.1 Å². The fourth-order valence-electron chi connectivity index (χ4n) is 1.71. The van der Waals surface area contributed by atoms with E-state index in [1.54, 1.807) is 0 Å². The van der Waals surface area contributed by atoms with Gasteiger partial charge in [-0.15, -0.1) is 0 Å². The predicted octanol–water partition coefficient (Wildman–Crippen LogP) is 2.94. The molecular weight excluding hydrogens is 287 g/mol. The van der Waals surface area contributed by atoms with Gasteiger partial charge < -0.3 is 5.32 Å². The van der Waals surface area contributed by atoms with Crippen molar-refractivity contribution in [3.8, 4) is 0 Å². The third-order valence-electron chi connectivity index (χ3n) is 2.91. The van der Waals surface area contributed by atoms with E-state index in [4.69, 9.17) is 12.2 Å². The van der Waals surface area contributed by atoms with Crippen molar-refractivity contribution in [2.45, 2.75) is 13.5 Å². The second kappa shape index (κ2) is 6.95. The molecule has 21 heavy (non-hydrogen) atoms. The molecule has 0 aliphatic rings. The monoisotopic (exact) mass is 302 g/mol. The molecule has 0 spiro atoms. The molecule has 0 radical (unpaired) electrons. The second-order valence-corrected chi connectivity index (χ2v) is 5.04. The number of thiocarbonyl (C=S) groups is 1. The van der Waals surface area contributed by atoms with Crippen LogP contribution >= 0.6 is 12.2 Å². The number of benzene rings is 2. The van der Waals surface area contributed by atoms with Crippen LogP contribution in [0.3, 0.4) is 0 Å². The Balaban J connectivity index is 1.85. The van der Waals surface area contributed by atoms with Gasteiger partial charge in [0.1, 0.15) is 5.82 Å². The molecular formula is C16H15FN2OS. The van der Waals surface area contributed by atoms with E-state index in [1.807, 2.05) is 31.2 Å². The van der Waals surface area contributed by atoms with Crippen molar-refractivity contribution in [3.05, 3.63) is 71.0 Å². The molecule has 2 aromatic carbocycles. The van der Waals surface area contributed by atoms with E-state index in [2.05, 4.69) is 10.6 Å². The van der Waals surface area contributed by atoms with Crippen LogP contribution in [0.25, 0.3) is 0 Å². The fraction of sp³-hybridized carbons (Fsp3) is 0.125. The summed E-state index contributed by atoms with van der Waals surface area (Å²) < 4.78 is 12.8. The zero-order valence-electron chi connectivity index (χ0n) is 11.5. The molecule has 0 saturated carbocycles. The van der Waals surface area contributed by atoms with Crippen LogP contribution in [-0.4, -0.2) is 11.0 Å². The molecule has 1 amide bonds. The Morgan fingerprint density at radius 3 is 2.33 bits per heavy atom. The van der Waals surface area contributed by atoms with Gasteiger partial charge in [0.25, 0.3) is 5.91 Å². The largest absolute Gasteiger partial charge is 0.358 e. The molecule has 0 fully saturated rings. The van der Waals surface area contributed by atoms with E-state index in [-0.39, 0.29) is 16.8 Å². The summed E-state index contributed by atoms with van der Waals surface area (Å²) in [7, 11) is 0. The predicted molar refractivity (Wildman–Crippen MR) is 84.5 cm³/mol. The van der Waals surface area contributed by atoms with E-state index >= 15 is 0 Å². The minimum atomic E-state index is -0.383. The van der Waals surface area contributed by atoms with Gasteiger partial charge in [0, 0.05) is 12.1 Å². The van der Waals surface area contributed by atoms with E-state index < -0.39 is 0 Å². The van der Waals surface area contributed by atoms with Gasteiger partial charge >= 0.3 is 0 Å². The number of halogens is 1. The lowest BCUT2D eigenvalue weighted by Crippen LogP contribution is -2.38. The van der Waals surface area contributed by atoms with Crippen LogP contribution in [0.15, 0.2) is 48.5 Å². The molecule has 0 aliphatic heterocycles. The van der Waals surface area contributed by atoms with Gasteiger partial charge in [0.15, 0.2) is 5.11 Å². The Hall–Kier alpha value is -2.27. The number of amides is 1. The maximum Gasteiger partial charge on any atom is 0.257 e. The molecule has 0 saturated heterocycles. The Morgan fingerprint density at radius 2 is 1.71 bits per heavy atom. The molecule has 0 aromatic heterocycles. The van der Waals surface area contributed by atoms with Crippen LogP contribution < -0.4 is 10.6 Å². The number of nitrogens with one attached hydrogen (secondary N) is 2. The zero-order valence-corrected chi connectivity index (χ0v) is 12.3. The first-order valence-electron chi connectivity index (χ1n) is 6.45. The third kappa shape index (κ3) is 4.65. The minimum Gasteiger partial charge on any atom is -0.358 e. The molecule has 3 nitrogen and oxygen atoms in total. The quantitative estimate of drug-likeness (QED) is 0.857. The molecule has 5 heteroatoms. The molecule has 0 bridgehead atoms. The van der Waals surface area contributed by atoms with Crippen molar-refractivity contribution in [1.29, 1.82) is 0 Å². The molecule has 108 valence electrons. The summed E-state index contributed by atoms with van der Waals surface area (Å²) in [5.74, 6) is -0.747. The zero-order chi connectivity index (χ0) is 15.2. The smallest absolute Gasteiger partial charge is 0.257 e. The first kappa shape index (κ1) is 15.1. The van der Waals surface area contributed by atoms with Crippen molar-refractivity contribution >= 4 is 23.2 Å². The van der Waals surface area contributed by atoms with Crippen LogP contribution in [0.4, 0.5) is 4.39 Å². The summed E-state index contributed by atoms with van der Waals surface area (Å²) in [5.41, 5.74) is 2.61. The molecule has 0 atom stereocenters. The Kier molecular flexibility index (Phi) is 5.00. The van der Waals surface area contributed by atoms with Gasteiger partial charge in [-0.05, 0) is 49.0 Å². The summed E-state index contributed by atoms with van der Waals surface area (Å²) in [6.45, 7) is 2.55. The second-order valence-electron chi connectivity index (χ2n) is 4.63. The number of carbonyl (C=O) groups is 1. The first-order valence-corrected chi connectivity index (χ1v) is 6.86. The van der Waals surface area contributed by atoms with Gasteiger partial charge in [0.2, 0.25) is 0 Å². The molecule has 2 N–H and O–H groups in total. The average Bonchev–Trinajstić information content (AvgIpc) is 2.47. The number of hydrogen-bond donors (Lipinski definition) is 2. The first-order chi connectivity index (χ1) is 10.0. The van der Waals surface area contributed by atoms with E-state index in [1.165, 1.54) is 29.8 Å². The number of carbonyl (C=O) groups excluding carboxylic acids is 1. The van der Waals surface area contributed by atoms with E-state index in [9.17, 15) is 9.18 Å². The summed E-state index contributed by atoms with van der Waals surface area (Å²) in [6.07, 6.45) is 0. The van der Waals surface area contributed by atoms with Crippen molar-refractivity contribution in [2.75, 3.05) is 0 Å². The topological polar surface area (TPSA) is 41.1 Å². The van der Waals surface area contributed by atoms with Crippen LogP contribution in [0, 0.1) is 12.7 Å². The molecule has 0 heterocycles. The standard InChI is InChI=1S/C16H15FN2OS/c1-11-2-4-12(5-3-11)10-18-16(21)19-15(20)13-6-8-14(17)9-7-13/h2-9H,10H2,1H3,(H2,18,19,20,21). The highest BCUT2D eigenvalue weighted by atomic mass is 32.1. The van der Waals surface area contributed by atoms with Crippen LogP contribution in [-0.2, 0) is 6.54 Å². The maximum absolute atomic E-state index is 12.8. The number of aryl methyl sites for hydroxylation is 1. The van der Waals surface area contributed by atoms with Crippen LogP contribution in [0.2, 0.25) is 0 Å². The summed E-state index contributed by atoms with van der Waals surface area (Å²) in [6, 6.07) is 13.3. The highest BCUT2D eigenvalue weighted by molar-refractivity contribution is 7.80. The van der Waals surface area contributed by atoms with Crippen molar-refractivity contribution in [3.63, 3.8) is 0 Å². The third-order valence-corrected chi connectivity index (χ3v) is 3.15. The Bertz CT molecular complexity index is 638. The Morgan fingerprint density at radius 1 is 1.10 bits per heavy atom. The molecule has 2 aromatic rings. The van der Waals surface area contributed by atoms with Crippen LogP contribution in [0.5, 0.6) is 0 Å². The average molecular weight is 302 g/mol. The normalized spacial score (nSPS) is 10.0. The molecule has 0 aliphatic carbocycles. The highest BCUT2D eigenvalue weighted by Crippen LogP contribution is 2.03. The maximum atomic E-state index is 12.8. The van der Waals surface area contributed by atoms with Gasteiger partial charge in [0.05, 0.1) is 0 Å². The molecule has 0 unspecified atom stereocenters. The summed E-state index contributed by atoms with van der Waals surface area (Å²) in [5, 5.41) is 5.75. The van der Waals surface area contributed by atoms with Crippen molar-refractivity contribution < 1.29 is 9.18 Å². The van der Waals surface area contributed by atoms with Gasteiger partial charge in [-0.1, -0.05) is 29.8 Å². The fourth-order valence-corrected chi connectivity index (χ4v) is 1.87. The van der Waals surface area contributed by atoms with E-state index in [0.29, 0.717) is 12.1 Å². The summed E-state index contributed by atoms with van der Waals surface area (Å²) >= 11 is 5.06. The number of hydrogen-bond acceptors (Lipinski definition) is 2. The van der Waals surface area contributed by atoms with Crippen molar-refractivity contribution in [1.82, 2.24) is 10.6 Å². The Labute approximate surface area is 128 Å². The lowest BCUT2D eigenvalue weighted by Gasteiger charge is -2.09. The number of rotatable bonds is 3. The van der Waals surface area contributed by atoms with E-state index in [0.717, 1.165) is 5.56 Å². The SMILES string of the molecule is Cc1ccc(CNC(=S)NC(=O)c2ccc(F)cc2)cc1. The van der Waals surface area contributed by atoms with Gasteiger partial charge in [-0.25, -0.2) is 4.39 Å².